The Hall–Kier alpha value is -2.11. The van der Waals surface area contributed by atoms with Gasteiger partial charge in [-0.15, -0.1) is 0 Å². The van der Waals surface area contributed by atoms with Crippen molar-refractivity contribution in [2.24, 2.45) is 17.8 Å². The number of methoxy groups -OCH3 is 1. The highest BCUT2D eigenvalue weighted by molar-refractivity contribution is 5.95. The number of ether oxygens (including phenoxy) is 1. The van der Waals surface area contributed by atoms with Gasteiger partial charge >= 0.3 is 5.69 Å². The van der Waals surface area contributed by atoms with Gasteiger partial charge in [0.1, 0.15) is 0 Å². The van der Waals surface area contributed by atoms with Crippen LogP contribution in [0.3, 0.4) is 0 Å². The van der Waals surface area contributed by atoms with Crippen LogP contribution >= 0.6 is 0 Å². The molecule has 1 N–H and O–H groups in total. The summed E-state index contributed by atoms with van der Waals surface area (Å²) in [4.78, 5) is 23.0. The summed E-state index contributed by atoms with van der Waals surface area (Å²) < 4.78 is 4.96. The van der Waals surface area contributed by atoms with Crippen LogP contribution in [0.25, 0.3) is 0 Å². The predicted octanol–water partition coefficient (Wildman–Crippen LogP) is 3.16. The Morgan fingerprint density at radius 1 is 1.39 bits per heavy atom. The van der Waals surface area contributed by atoms with Gasteiger partial charge < -0.3 is 10.1 Å². The summed E-state index contributed by atoms with van der Waals surface area (Å²) in [7, 11) is 1.37. The maximum Gasteiger partial charge on any atom is 0.311 e. The normalized spacial score (nSPS) is 26.8. The van der Waals surface area contributed by atoms with Crippen molar-refractivity contribution in [2.45, 2.75) is 38.6 Å². The van der Waals surface area contributed by atoms with Gasteiger partial charge in [0, 0.05) is 17.7 Å². The first-order valence-corrected chi connectivity index (χ1v) is 8.13. The lowest BCUT2D eigenvalue weighted by atomic mass is 9.84. The molecular formula is C17H22N2O4. The van der Waals surface area contributed by atoms with Crippen molar-refractivity contribution in [3.05, 3.63) is 33.9 Å². The van der Waals surface area contributed by atoms with E-state index < -0.39 is 4.92 Å². The van der Waals surface area contributed by atoms with Gasteiger partial charge in [0.2, 0.25) is 0 Å². The summed E-state index contributed by atoms with van der Waals surface area (Å²) in [6, 6.07) is 4.41. The van der Waals surface area contributed by atoms with E-state index in [1.807, 2.05) is 6.92 Å². The third kappa shape index (κ3) is 3.02. The number of nitrogens with zero attached hydrogens (tertiary/aromatic N) is 1. The minimum Gasteiger partial charge on any atom is -0.490 e. The number of nitro benzene ring substituents is 1. The van der Waals surface area contributed by atoms with Gasteiger partial charge in [0.25, 0.3) is 5.91 Å². The summed E-state index contributed by atoms with van der Waals surface area (Å²) in [6.07, 6.45) is 5.07. The maximum absolute atomic E-state index is 12.4. The molecule has 0 heterocycles. The molecule has 1 aromatic carbocycles. The van der Waals surface area contributed by atoms with Gasteiger partial charge in [-0.2, -0.15) is 0 Å². The van der Waals surface area contributed by atoms with E-state index in [1.165, 1.54) is 44.9 Å². The monoisotopic (exact) mass is 318 g/mol. The zero-order valence-corrected chi connectivity index (χ0v) is 13.5. The van der Waals surface area contributed by atoms with E-state index in [4.69, 9.17) is 4.74 Å². The molecule has 2 aliphatic carbocycles. The van der Waals surface area contributed by atoms with E-state index in [0.29, 0.717) is 11.5 Å². The van der Waals surface area contributed by atoms with Crippen LogP contribution < -0.4 is 10.1 Å². The third-order valence-electron chi connectivity index (χ3n) is 5.43. The number of fused-ring (bicyclic) bond motifs is 2. The van der Waals surface area contributed by atoms with Crippen molar-refractivity contribution in [3.63, 3.8) is 0 Å². The lowest BCUT2D eigenvalue weighted by Crippen LogP contribution is -2.40. The van der Waals surface area contributed by atoms with Gasteiger partial charge in [-0.25, -0.2) is 0 Å². The highest BCUT2D eigenvalue weighted by atomic mass is 16.6. The highest BCUT2D eigenvalue weighted by Crippen LogP contribution is 2.49. The minimum atomic E-state index is -0.533. The number of carbonyl (C=O) groups is 1. The van der Waals surface area contributed by atoms with Crippen LogP contribution in [0.4, 0.5) is 5.69 Å². The molecule has 1 amide bonds. The zero-order chi connectivity index (χ0) is 16.6. The van der Waals surface area contributed by atoms with Gasteiger partial charge in [-0.05, 0) is 56.1 Å². The van der Waals surface area contributed by atoms with Crippen molar-refractivity contribution in [1.82, 2.24) is 5.32 Å². The molecule has 2 aliphatic rings. The van der Waals surface area contributed by atoms with E-state index in [9.17, 15) is 14.9 Å². The van der Waals surface area contributed by atoms with E-state index >= 15 is 0 Å². The van der Waals surface area contributed by atoms with Crippen LogP contribution in [0.1, 0.15) is 43.0 Å². The number of carbonyl (C=O) groups excluding carboxylic acids is 1. The predicted molar refractivity (Wildman–Crippen MR) is 85.5 cm³/mol. The van der Waals surface area contributed by atoms with Gasteiger partial charge in [-0.1, -0.05) is 6.42 Å². The van der Waals surface area contributed by atoms with Crippen molar-refractivity contribution in [2.75, 3.05) is 7.11 Å². The van der Waals surface area contributed by atoms with E-state index in [0.717, 1.165) is 11.8 Å². The molecule has 6 nitrogen and oxygen atoms in total. The van der Waals surface area contributed by atoms with Crippen LogP contribution in [-0.2, 0) is 0 Å². The molecular weight excluding hydrogens is 296 g/mol. The molecule has 0 saturated heterocycles. The number of nitrogens with one attached hydrogen (secondary N) is 1. The van der Waals surface area contributed by atoms with Crippen molar-refractivity contribution in [3.8, 4) is 5.75 Å². The van der Waals surface area contributed by atoms with Crippen LogP contribution in [0.15, 0.2) is 18.2 Å². The second-order valence-electron chi connectivity index (χ2n) is 6.74. The van der Waals surface area contributed by atoms with Gasteiger partial charge in [0.15, 0.2) is 5.75 Å². The number of hydrogen-bond acceptors (Lipinski definition) is 4. The number of rotatable bonds is 5. The van der Waals surface area contributed by atoms with Crippen LogP contribution in [0.5, 0.6) is 5.75 Å². The standard InChI is InChI=1S/C17H22N2O4/c1-10(14-8-11-3-4-12(14)7-11)18-17(20)13-5-6-16(23-2)15(9-13)19(21)22/h5-6,9-12,14H,3-4,7-8H2,1-2H3,(H,18,20)/t10-,11+,12+,14-/m1/s1. The molecule has 0 spiro atoms. The molecule has 4 atom stereocenters. The fourth-order valence-electron chi connectivity index (χ4n) is 4.28. The molecule has 124 valence electrons. The van der Waals surface area contributed by atoms with Crippen molar-refractivity contribution >= 4 is 11.6 Å². The summed E-state index contributed by atoms with van der Waals surface area (Å²) in [5, 5.41) is 14.1. The lowest BCUT2D eigenvalue weighted by Gasteiger charge is -2.28. The number of nitro groups is 1. The second kappa shape index (κ2) is 6.18. The molecule has 0 aromatic heterocycles. The Morgan fingerprint density at radius 2 is 2.17 bits per heavy atom. The molecule has 2 fully saturated rings. The first kappa shape index (κ1) is 15.8. The molecule has 0 radical (unpaired) electrons. The number of amides is 1. The van der Waals surface area contributed by atoms with Gasteiger partial charge in [-0.3, -0.25) is 14.9 Å². The number of hydrogen-bond donors (Lipinski definition) is 1. The second-order valence-corrected chi connectivity index (χ2v) is 6.74. The molecule has 23 heavy (non-hydrogen) atoms. The fraction of sp³-hybridized carbons (Fsp3) is 0.588. The van der Waals surface area contributed by atoms with Gasteiger partial charge in [0.05, 0.1) is 12.0 Å². The third-order valence-corrected chi connectivity index (χ3v) is 5.43. The topological polar surface area (TPSA) is 81.5 Å². The average Bonchev–Trinajstić information content (AvgIpc) is 3.17. The number of benzene rings is 1. The SMILES string of the molecule is COc1ccc(C(=O)N[C@H](C)[C@H]2C[C@H]3CC[C@H]2C3)cc1[N+](=O)[O-]. The van der Waals surface area contributed by atoms with E-state index in [1.54, 1.807) is 6.07 Å². The van der Waals surface area contributed by atoms with Crippen LogP contribution in [0, 0.1) is 27.9 Å². The molecule has 3 rings (SSSR count). The summed E-state index contributed by atoms with van der Waals surface area (Å²) >= 11 is 0. The Kier molecular flexibility index (Phi) is 4.24. The minimum absolute atomic E-state index is 0.0963. The van der Waals surface area contributed by atoms with Crippen LogP contribution in [0.2, 0.25) is 0 Å². The lowest BCUT2D eigenvalue weighted by molar-refractivity contribution is -0.385. The molecule has 0 aliphatic heterocycles. The fourth-order valence-corrected chi connectivity index (χ4v) is 4.28. The van der Waals surface area contributed by atoms with Crippen LogP contribution in [-0.4, -0.2) is 24.0 Å². The smallest absolute Gasteiger partial charge is 0.311 e. The zero-order valence-electron chi connectivity index (χ0n) is 13.5. The Balaban J connectivity index is 1.70. The Morgan fingerprint density at radius 3 is 2.74 bits per heavy atom. The molecule has 0 unspecified atom stereocenters. The summed E-state index contributed by atoms with van der Waals surface area (Å²) in [5.41, 5.74) is 0.111. The summed E-state index contributed by atoms with van der Waals surface area (Å²) in [5.74, 6) is 1.98. The Bertz CT molecular complexity index is 631. The molecule has 2 saturated carbocycles. The first-order valence-electron chi connectivity index (χ1n) is 8.13. The average molecular weight is 318 g/mol. The summed E-state index contributed by atoms with van der Waals surface area (Å²) in [6.45, 7) is 2.04. The van der Waals surface area contributed by atoms with E-state index in [-0.39, 0.29) is 23.4 Å². The Labute approximate surface area is 135 Å². The van der Waals surface area contributed by atoms with Crippen molar-refractivity contribution in [1.29, 1.82) is 0 Å². The largest absolute Gasteiger partial charge is 0.490 e. The highest BCUT2D eigenvalue weighted by Gasteiger charge is 2.42. The quantitative estimate of drug-likeness (QED) is 0.668. The van der Waals surface area contributed by atoms with Crippen molar-refractivity contribution < 1.29 is 14.5 Å². The van der Waals surface area contributed by atoms with E-state index in [2.05, 4.69) is 5.32 Å². The molecule has 6 heteroatoms. The molecule has 1 aromatic rings. The molecule has 2 bridgehead atoms. The maximum atomic E-state index is 12.4. The first-order chi connectivity index (χ1) is 11.0.